The number of ether oxygens (including phenoxy) is 1. The molecule has 2 aliphatic carbocycles. The number of carbonyl (C=O) groups is 1. The van der Waals surface area contributed by atoms with Crippen LogP contribution in [0, 0.1) is 5.41 Å². The zero-order chi connectivity index (χ0) is 12.9. The lowest BCUT2D eigenvalue weighted by molar-refractivity contribution is -0.115. The summed E-state index contributed by atoms with van der Waals surface area (Å²) in [7, 11) is 1.68. The van der Waals surface area contributed by atoms with Gasteiger partial charge in [-0.1, -0.05) is 13.0 Å². The minimum absolute atomic E-state index is 0.0987. The number of hydrogen-bond acceptors (Lipinski definition) is 2. The van der Waals surface area contributed by atoms with Gasteiger partial charge >= 0.3 is 0 Å². The third-order valence-corrected chi connectivity index (χ3v) is 4.97. The molecule has 0 bridgehead atoms. The summed E-state index contributed by atoms with van der Waals surface area (Å²) in [6.07, 6.45) is 2.58. The lowest BCUT2D eigenvalue weighted by Gasteiger charge is -2.30. The van der Waals surface area contributed by atoms with E-state index in [2.05, 4.69) is 35.0 Å². The van der Waals surface area contributed by atoms with Gasteiger partial charge in [0.25, 0.3) is 0 Å². The highest BCUT2D eigenvalue weighted by molar-refractivity contribution is 9.12. The van der Waals surface area contributed by atoms with Crippen molar-refractivity contribution in [2.45, 2.75) is 26.2 Å². The molecule has 1 unspecified atom stereocenters. The number of ketones is 1. The van der Waals surface area contributed by atoms with Gasteiger partial charge in [-0.25, -0.2) is 0 Å². The first kappa shape index (κ1) is 12.0. The van der Waals surface area contributed by atoms with Crippen LogP contribution in [0.25, 0.3) is 5.57 Å². The van der Waals surface area contributed by atoms with Gasteiger partial charge in [-0.05, 0) is 63.0 Å². The highest BCUT2D eigenvalue weighted by Crippen LogP contribution is 2.54. The number of methoxy groups -OCH3 is 1. The molecular weight excluding hydrogens is 292 g/mol. The Morgan fingerprint density at radius 1 is 1.39 bits per heavy atom. The zero-order valence-corrected chi connectivity index (χ0v) is 12.1. The van der Waals surface area contributed by atoms with Crippen LogP contribution in [0.1, 0.15) is 30.9 Å². The molecule has 0 radical (unpaired) electrons. The summed E-state index contributed by atoms with van der Waals surface area (Å²) in [5.41, 5.74) is 3.79. The summed E-state index contributed by atoms with van der Waals surface area (Å²) in [5.74, 6) is 1.12. The fourth-order valence-electron chi connectivity index (χ4n) is 3.16. The van der Waals surface area contributed by atoms with E-state index in [0.717, 1.165) is 23.1 Å². The van der Waals surface area contributed by atoms with E-state index < -0.39 is 0 Å². The van der Waals surface area contributed by atoms with Gasteiger partial charge < -0.3 is 4.74 Å². The van der Waals surface area contributed by atoms with Crippen molar-refractivity contribution in [1.82, 2.24) is 0 Å². The summed E-state index contributed by atoms with van der Waals surface area (Å²) < 4.78 is 6.06. The van der Waals surface area contributed by atoms with Crippen LogP contribution in [-0.2, 0) is 11.2 Å². The first-order chi connectivity index (χ1) is 8.55. The molecule has 0 aromatic heterocycles. The van der Waals surface area contributed by atoms with Crippen LogP contribution in [0.15, 0.2) is 22.7 Å². The van der Waals surface area contributed by atoms with Crippen LogP contribution in [0.2, 0.25) is 0 Å². The number of benzene rings is 1. The van der Waals surface area contributed by atoms with Crippen molar-refractivity contribution in [2.75, 3.05) is 7.11 Å². The van der Waals surface area contributed by atoms with E-state index in [9.17, 15) is 4.79 Å². The average molecular weight is 307 g/mol. The molecule has 0 fully saturated rings. The largest absolute Gasteiger partial charge is 0.497 e. The normalized spacial score (nSPS) is 26.1. The molecule has 1 atom stereocenters. The molecule has 0 amide bonds. The number of halogens is 1. The molecule has 3 heteroatoms. The molecule has 0 aliphatic heterocycles. The molecule has 2 nitrogen and oxygen atoms in total. The summed E-state index contributed by atoms with van der Waals surface area (Å²) in [5, 5.41) is 0. The molecule has 0 saturated carbocycles. The Hall–Kier alpha value is -1.09. The lowest BCUT2D eigenvalue weighted by Crippen LogP contribution is -2.23. The van der Waals surface area contributed by atoms with Crippen molar-refractivity contribution in [3.63, 3.8) is 0 Å². The molecule has 18 heavy (non-hydrogen) atoms. The second-order valence-electron chi connectivity index (χ2n) is 5.37. The van der Waals surface area contributed by atoms with Crippen LogP contribution in [-0.4, -0.2) is 12.9 Å². The van der Waals surface area contributed by atoms with Crippen LogP contribution < -0.4 is 4.74 Å². The first-order valence-corrected chi connectivity index (χ1v) is 6.95. The maximum atomic E-state index is 11.9. The van der Waals surface area contributed by atoms with Crippen molar-refractivity contribution in [3.05, 3.63) is 33.8 Å². The highest BCUT2D eigenvalue weighted by atomic mass is 79.9. The molecule has 0 N–H and O–H groups in total. The van der Waals surface area contributed by atoms with Crippen molar-refractivity contribution >= 4 is 27.3 Å². The van der Waals surface area contributed by atoms with Crippen LogP contribution in [0.4, 0.5) is 0 Å². The maximum absolute atomic E-state index is 11.9. The van der Waals surface area contributed by atoms with Crippen LogP contribution in [0.3, 0.4) is 0 Å². The Morgan fingerprint density at radius 3 is 2.89 bits per heavy atom. The number of carbonyl (C=O) groups excluding carboxylic acids is 1. The predicted molar refractivity (Wildman–Crippen MR) is 74.9 cm³/mol. The topological polar surface area (TPSA) is 26.3 Å². The van der Waals surface area contributed by atoms with Crippen molar-refractivity contribution < 1.29 is 9.53 Å². The fourth-order valence-corrected chi connectivity index (χ4v) is 4.05. The summed E-state index contributed by atoms with van der Waals surface area (Å²) in [6, 6.07) is 6.14. The molecule has 0 saturated heterocycles. The highest BCUT2D eigenvalue weighted by Gasteiger charge is 2.43. The molecule has 0 heterocycles. The van der Waals surface area contributed by atoms with Gasteiger partial charge in [-0.2, -0.15) is 0 Å². The predicted octanol–water partition coefficient (Wildman–Crippen LogP) is 3.73. The third-order valence-electron chi connectivity index (χ3n) is 4.13. The van der Waals surface area contributed by atoms with E-state index >= 15 is 0 Å². The molecule has 2 aliphatic rings. The minimum atomic E-state index is 0.0987. The average Bonchev–Trinajstić information content (AvgIpc) is 2.66. The Bertz CT molecular complexity index is 574. The zero-order valence-electron chi connectivity index (χ0n) is 10.5. The van der Waals surface area contributed by atoms with E-state index in [1.807, 2.05) is 6.07 Å². The van der Waals surface area contributed by atoms with Gasteiger partial charge in [0.05, 0.1) is 11.6 Å². The van der Waals surface area contributed by atoms with E-state index in [4.69, 9.17) is 4.74 Å². The SMILES string of the molecule is COc1ccc2c(c1)CC1(C)CCC(=O)C(Br)=C21. The Morgan fingerprint density at radius 2 is 2.17 bits per heavy atom. The maximum Gasteiger partial charge on any atom is 0.170 e. The standard InChI is InChI=1S/C15H15BrO2/c1-15-6-5-12(17)14(16)13(15)11-4-3-10(18-2)7-9(11)8-15/h3-4,7H,5-6,8H2,1-2H3. The van der Waals surface area contributed by atoms with Crippen LogP contribution in [0.5, 0.6) is 5.75 Å². The van der Waals surface area contributed by atoms with E-state index in [1.54, 1.807) is 7.11 Å². The van der Waals surface area contributed by atoms with Gasteiger partial charge in [-0.15, -0.1) is 0 Å². The molecule has 1 aromatic carbocycles. The molecule has 3 rings (SSSR count). The molecular formula is C15H15BrO2. The molecule has 1 aromatic rings. The summed E-state index contributed by atoms with van der Waals surface area (Å²) in [6.45, 7) is 2.25. The Labute approximate surface area is 115 Å². The van der Waals surface area contributed by atoms with Crippen molar-refractivity contribution in [3.8, 4) is 5.75 Å². The molecule has 0 spiro atoms. The van der Waals surface area contributed by atoms with Gasteiger partial charge in [0, 0.05) is 6.42 Å². The number of hydrogen-bond donors (Lipinski definition) is 0. The van der Waals surface area contributed by atoms with Crippen molar-refractivity contribution in [1.29, 1.82) is 0 Å². The number of rotatable bonds is 1. The van der Waals surface area contributed by atoms with E-state index in [-0.39, 0.29) is 11.2 Å². The smallest absolute Gasteiger partial charge is 0.170 e. The van der Waals surface area contributed by atoms with Gasteiger partial charge in [0.1, 0.15) is 5.75 Å². The second-order valence-corrected chi connectivity index (χ2v) is 6.17. The van der Waals surface area contributed by atoms with Gasteiger partial charge in [0.15, 0.2) is 5.78 Å². The Kier molecular flexibility index (Phi) is 2.63. The van der Waals surface area contributed by atoms with Gasteiger partial charge in [-0.3, -0.25) is 4.79 Å². The minimum Gasteiger partial charge on any atom is -0.497 e. The van der Waals surface area contributed by atoms with Gasteiger partial charge in [0.2, 0.25) is 0 Å². The summed E-state index contributed by atoms with van der Waals surface area (Å²) in [4.78, 5) is 11.9. The fraction of sp³-hybridized carbons (Fsp3) is 0.400. The second kappa shape index (κ2) is 3.95. The quantitative estimate of drug-likeness (QED) is 0.790. The number of fused-ring (bicyclic) bond motifs is 3. The van der Waals surface area contributed by atoms with Crippen molar-refractivity contribution in [2.24, 2.45) is 5.41 Å². The Balaban J connectivity index is 2.21. The number of allylic oxidation sites excluding steroid dienone is 2. The summed E-state index contributed by atoms with van der Waals surface area (Å²) >= 11 is 3.50. The van der Waals surface area contributed by atoms with Crippen LogP contribution >= 0.6 is 15.9 Å². The monoisotopic (exact) mass is 306 g/mol. The van der Waals surface area contributed by atoms with E-state index in [1.165, 1.54) is 16.7 Å². The molecule has 94 valence electrons. The number of Topliss-reactive ketones (excluding diaryl/α,β-unsaturated/α-hetero) is 1. The lowest BCUT2D eigenvalue weighted by atomic mass is 9.74. The third kappa shape index (κ3) is 1.57. The van der Waals surface area contributed by atoms with E-state index in [0.29, 0.717) is 6.42 Å². The first-order valence-electron chi connectivity index (χ1n) is 6.16.